The van der Waals surface area contributed by atoms with Crippen molar-refractivity contribution in [3.63, 3.8) is 0 Å². The second kappa shape index (κ2) is 7.51. The summed E-state index contributed by atoms with van der Waals surface area (Å²) in [4.78, 5) is 25.1. The topological polar surface area (TPSA) is 78.4 Å². The summed E-state index contributed by atoms with van der Waals surface area (Å²) < 4.78 is 41.5. The number of halogens is 5. The Labute approximate surface area is 173 Å². The van der Waals surface area contributed by atoms with Gasteiger partial charge in [-0.15, -0.1) is 0 Å². The van der Waals surface area contributed by atoms with Crippen LogP contribution in [0, 0.1) is 12.8 Å². The summed E-state index contributed by atoms with van der Waals surface area (Å²) in [5.41, 5.74) is -2.97. The maximum atomic E-state index is 13.8. The zero-order valence-corrected chi connectivity index (χ0v) is 16.4. The fourth-order valence-electron chi connectivity index (χ4n) is 3.22. The fraction of sp³-hybridized carbons (Fsp3) is 0.263. The summed E-state index contributed by atoms with van der Waals surface area (Å²) in [6.45, 7) is 1.75. The molecule has 0 saturated carbocycles. The van der Waals surface area contributed by atoms with E-state index in [1.807, 2.05) is 0 Å². The van der Waals surface area contributed by atoms with Crippen molar-refractivity contribution in [2.45, 2.75) is 24.9 Å². The van der Waals surface area contributed by atoms with Crippen molar-refractivity contribution in [3.8, 4) is 0 Å². The zero-order chi connectivity index (χ0) is 21.6. The molecule has 1 heterocycles. The van der Waals surface area contributed by atoms with Gasteiger partial charge in [-0.3, -0.25) is 4.79 Å². The standard InChI is InChI=1S/C19H15Cl2F3N2O3/c1-9-2-4-10(5-3-9)16(27)14-15(11-6-7-12(20)13(21)8-11)25-17(28)26-18(14,29)19(22,23)24/h2-8,14-15,29H,1H3,(H2,25,26,28)/t14-,15+,18-/m0/s1. The highest BCUT2D eigenvalue weighted by Crippen LogP contribution is 2.44. The average molecular weight is 447 g/mol. The van der Waals surface area contributed by atoms with Crippen LogP contribution in [0.15, 0.2) is 42.5 Å². The van der Waals surface area contributed by atoms with Gasteiger partial charge in [-0.05, 0) is 24.6 Å². The van der Waals surface area contributed by atoms with Crippen LogP contribution in [-0.4, -0.2) is 28.8 Å². The number of aryl methyl sites for hydroxylation is 1. The molecule has 1 saturated heterocycles. The van der Waals surface area contributed by atoms with Crippen molar-refractivity contribution < 1.29 is 27.9 Å². The van der Waals surface area contributed by atoms with Crippen LogP contribution in [0.1, 0.15) is 27.5 Å². The van der Waals surface area contributed by atoms with Crippen LogP contribution in [0.4, 0.5) is 18.0 Å². The third kappa shape index (κ3) is 3.92. The molecular weight excluding hydrogens is 432 g/mol. The van der Waals surface area contributed by atoms with Crippen molar-refractivity contribution in [1.29, 1.82) is 0 Å². The van der Waals surface area contributed by atoms with E-state index in [1.165, 1.54) is 35.6 Å². The van der Waals surface area contributed by atoms with Gasteiger partial charge in [0.2, 0.25) is 5.72 Å². The number of carbonyl (C=O) groups excluding carboxylic acids is 2. The van der Waals surface area contributed by atoms with Crippen LogP contribution in [-0.2, 0) is 0 Å². The molecule has 0 aromatic heterocycles. The number of urea groups is 1. The lowest BCUT2D eigenvalue weighted by Crippen LogP contribution is -2.72. The van der Waals surface area contributed by atoms with Gasteiger partial charge in [-0.1, -0.05) is 59.1 Å². The molecule has 3 N–H and O–H groups in total. The molecule has 2 aromatic carbocycles. The number of benzene rings is 2. The highest BCUT2D eigenvalue weighted by molar-refractivity contribution is 6.42. The van der Waals surface area contributed by atoms with Crippen LogP contribution in [0.5, 0.6) is 0 Å². The highest BCUT2D eigenvalue weighted by atomic mass is 35.5. The molecule has 3 atom stereocenters. The average Bonchev–Trinajstić information content (AvgIpc) is 2.62. The van der Waals surface area contributed by atoms with Gasteiger partial charge in [-0.2, -0.15) is 13.2 Å². The first-order valence-electron chi connectivity index (χ1n) is 8.37. The molecule has 1 fully saturated rings. The van der Waals surface area contributed by atoms with Crippen molar-refractivity contribution in [3.05, 3.63) is 69.2 Å². The molecule has 3 rings (SSSR count). The summed E-state index contributed by atoms with van der Waals surface area (Å²) in [7, 11) is 0. The van der Waals surface area contributed by atoms with E-state index in [9.17, 15) is 27.9 Å². The molecule has 29 heavy (non-hydrogen) atoms. The van der Waals surface area contributed by atoms with E-state index in [2.05, 4.69) is 5.32 Å². The minimum atomic E-state index is -5.33. The van der Waals surface area contributed by atoms with E-state index in [0.29, 0.717) is 0 Å². The van der Waals surface area contributed by atoms with E-state index >= 15 is 0 Å². The lowest BCUT2D eigenvalue weighted by atomic mass is 9.77. The molecule has 0 bridgehead atoms. The van der Waals surface area contributed by atoms with Crippen LogP contribution in [0.2, 0.25) is 10.0 Å². The van der Waals surface area contributed by atoms with E-state index in [1.54, 1.807) is 19.1 Å². The van der Waals surface area contributed by atoms with E-state index in [4.69, 9.17) is 23.2 Å². The van der Waals surface area contributed by atoms with Gasteiger partial charge in [0.05, 0.1) is 16.1 Å². The smallest absolute Gasteiger partial charge is 0.363 e. The Morgan fingerprint density at radius 3 is 2.28 bits per heavy atom. The molecule has 1 aliphatic rings. The van der Waals surface area contributed by atoms with E-state index in [-0.39, 0.29) is 21.2 Å². The molecule has 1 aliphatic heterocycles. The van der Waals surface area contributed by atoms with E-state index in [0.717, 1.165) is 5.56 Å². The minimum absolute atomic E-state index is 0.0223. The SMILES string of the molecule is Cc1ccc(C(=O)[C@@H]2[C@@H](c3ccc(Cl)c(Cl)c3)NC(=O)N[C@@]2(O)C(F)(F)F)cc1. The van der Waals surface area contributed by atoms with Gasteiger partial charge >= 0.3 is 12.2 Å². The summed E-state index contributed by atoms with van der Waals surface area (Å²) >= 11 is 11.8. The quantitative estimate of drug-likeness (QED) is 0.611. The van der Waals surface area contributed by atoms with Crippen LogP contribution >= 0.6 is 23.2 Å². The number of nitrogens with one attached hydrogen (secondary N) is 2. The first-order chi connectivity index (χ1) is 13.4. The summed E-state index contributed by atoms with van der Waals surface area (Å²) in [5.74, 6) is -3.13. The molecule has 0 spiro atoms. The number of ketones is 1. The van der Waals surface area contributed by atoms with Crippen LogP contribution < -0.4 is 10.6 Å². The lowest BCUT2D eigenvalue weighted by molar-refractivity contribution is -0.287. The number of hydrogen-bond acceptors (Lipinski definition) is 3. The Morgan fingerprint density at radius 2 is 1.72 bits per heavy atom. The third-order valence-corrected chi connectivity index (χ3v) is 5.47. The van der Waals surface area contributed by atoms with Gasteiger partial charge in [0.15, 0.2) is 5.78 Å². The minimum Gasteiger partial charge on any atom is -0.363 e. The third-order valence-electron chi connectivity index (χ3n) is 4.73. The second-order valence-electron chi connectivity index (χ2n) is 6.72. The number of hydrogen-bond donors (Lipinski definition) is 3. The lowest BCUT2D eigenvalue weighted by Gasteiger charge is -2.45. The van der Waals surface area contributed by atoms with Crippen LogP contribution in [0.3, 0.4) is 0 Å². The zero-order valence-electron chi connectivity index (χ0n) is 14.8. The van der Waals surface area contributed by atoms with Crippen molar-refractivity contribution in [1.82, 2.24) is 10.6 Å². The van der Waals surface area contributed by atoms with Gasteiger partial charge in [0.25, 0.3) is 0 Å². The van der Waals surface area contributed by atoms with Crippen LogP contribution in [0.25, 0.3) is 0 Å². The molecular formula is C19H15Cl2F3N2O3. The Kier molecular flexibility index (Phi) is 5.55. The second-order valence-corrected chi connectivity index (χ2v) is 7.54. The number of carbonyl (C=O) groups is 2. The van der Waals surface area contributed by atoms with E-state index < -0.39 is 35.7 Å². The summed E-state index contributed by atoms with van der Waals surface area (Å²) in [6, 6.07) is 6.93. The van der Waals surface area contributed by atoms with Gasteiger partial charge < -0.3 is 15.7 Å². The number of aliphatic hydroxyl groups is 1. The molecule has 10 heteroatoms. The Balaban J connectivity index is 2.17. The van der Waals surface area contributed by atoms with Crippen molar-refractivity contribution in [2.75, 3.05) is 0 Å². The summed E-state index contributed by atoms with van der Waals surface area (Å²) in [6.07, 6.45) is -5.33. The van der Waals surface area contributed by atoms with Crippen molar-refractivity contribution in [2.24, 2.45) is 5.92 Å². The first kappa shape index (κ1) is 21.4. The Morgan fingerprint density at radius 1 is 1.10 bits per heavy atom. The molecule has 2 aromatic rings. The molecule has 154 valence electrons. The first-order valence-corrected chi connectivity index (χ1v) is 9.13. The number of amides is 2. The predicted molar refractivity (Wildman–Crippen MR) is 101 cm³/mol. The Hall–Kier alpha value is -2.29. The van der Waals surface area contributed by atoms with Crippen molar-refractivity contribution >= 4 is 35.0 Å². The maximum Gasteiger partial charge on any atom is 0.437 e. The number of alkyl halides is 3. The largest absolute Gasteiger partial charge is 0.437 e. The highest BCUT2D eigenvalue weighted by Gasteiger charge is 2.66. The van der Waals surface area contributed by atoms with Gasteiger partial charge in [0, 0.05) is 5.56 Å². The maximum absolute atomic E-state index is 13.8. The Bertz CT molecular complexity index is 966. The molecule has 0 aliphatic carbocycles. The summed E-state index contributed by atoms with van der Waals surface area (Å²) in [5, 5.41) is 14.4. The molecule has 2 amide bonds. The normalized spacial score (nSPS) is 24.6. The fourth-order valence-corrected chi connectivity index (χ4v) is 3.53. The molecule has 0 radical (unpaired) electrons. The molecule has 5 nitrogen and oxygen atoms in total. The molecule has 0 unspecified atom stereocenters. The monoisotopic (exact) mass is 446 g/mol. The predicted octanol–water partition coefficient (Wildman–Crippen LogP) is 4.41. The number of Topliss-reactive ketones (excluding diaryl/α,β-unsaturated/α-hetero) is 1. The number of rotatable bonds is 3. The van der Waals surface area contributed by atoms with Gasteiger partial charge in [0.1, 0.15) is 5.92 Å². The van der Waals surface area contributed by atoms with Gasteiger partial charge in [-0.25, -0.2) is 4.79 Å².